The molecule has 0 aromatic heterocycles. The number of allylic oxidation sites excluding steroid dienone is 5. The summed E-state index contributed by atoms with van der Waals surface area (Å²) in [6.45, 7) is 8.32. The number of carbonyl (C=O) groups excluding carboxylic acids is 1. The molecule has 0 N–H and O–H groups in total. The molecule has 0 unspecified atom stereocenters. The Labute approximate surface area is 99.3 Å². The van der Waals surface area contributed by atoms with E-state index < -0.39 is 0 Å². The van der Waals surface area contributed by atoms with E-state index >= 15 is 0 Å². The van der Waals surface area contributed by atoms with Gasteiger partial charge in [0.1, 0.15) is 0 Å². The second-order valence-electron chi connectivity index (χ2n) is 4.42. The van der Waals surface area contributed by atoms with Gasteiger partial charge >= 0.3 is 0 Å². The third-order valence-corrected chi connectivity index (χ3v) is 2.37. The number of hydrogen-bond acceptors (Lipinski definition) is 1. The summed E-state index contributed by atoms with van der Waals surface area (Å²) >= 11 is 0. The highest BCUT2D eigenvalue weighted by atomic mass is 16.1. The fourth-order valence-electron chi connectivity index (χ4n) is 1.38. The van der Waals surface area contributed by atoms with Crippen molar-refractivity contribution in [2.75, 3.05) is 0 Å². The molecule has 0 aromatic carbocycles. The molecular weight excluding hydrogens is 196 g/mol. The first kappa shape index (κ1) is 14.7. The summed E-state index contributed by atoms with van der Waals surface area (Å²) in [6, 6.07) is 0. The Bertz CT molecular complexity index is 342. The topological polar surface area (TPSA) is 17.1 Å². The maximum absolute atomic E-state index is 10.0. The molecule has 16 heavy (non-hydrogen) atoms. The average Bonchev–Trinajstić information content (AvgIpc) is 2.17. The molecule has 0 aromatic rings. The van der Waals surface area contributed by atoms with E-state index in [1.54, 1.807) is 5.94 Å². The second-order valence-corrected chi connectivity index (χ2v) is 4.42. The van der Waals surface area contributed by atoms with E-state index in [9.17, 15) is 4.79 Å². The van der Waals surface area contributed by atoms with Gasteiger partial charge in [0.15, 0.2) is 5.94 Å². The van der Waals surface area contributed by atoms with E-state index in [0.29, 0.717) is 0 Å². The maximum atomic E-state index is 10.0. The van der Waals surface area contributed by atoms with Crippen molar-refractivity contribution in [1.29, 1.82) is 0 Å². The summed E-state index contributed by atoms with van der Waals surface area (Å²) in [5.74, 6) is 1.69. The summed E-state index contributed by atoms with van der Waals surface area (Å²) < 4.78 is 0. The number of hydrogen-bond donors (Lipinski definition) is 0. The third-order valence-electron chi connectivity index (χ3n) is 2.37. The zero-order chi connectivity index (χ0) is 12.4. The van der Waals surface area contributed by atoms with Crippen LogP contribution in [-0.4, -0.2) is 5.94 Å². The molecule has 0 bridgehead atoms. The molecule has 0 amide bonds. The van der Waals surface area contributed by atoms with Gasteiger partial charge in [-0.25, -0.2) is 4.79 Å². The van der Waals surface area contributed by atoms with Crippen LogP contribution in [0.2, 0.25) is 0 Å². The molecule has 0 radical (unpaired) electrons. The van der Waals surface area contributed by atoms with Gasteiger partial charge in [-0.15, -0.1) is 0 Å². The zero-order valence-corrected chi connectivity index (χ0v) is 10.9. The number of rotatable bonds is 6. The van der Waals surface area contributed by atoms with E-state index in [1.807, 2.05) is 6.92 Å². The normalized spacial score (nSPS) is 10.4. The molecule has 0 aliphatic carbocycles. The molecule has 0 heterocycles. The van der Waals surface area contributed by atoms with E-state index in [-0.39, 0.29) is 0 Å². The van der Waals surface area contributed by atoms with Crippen LogP contribution < -0.4 is 0 Å². The van der Waals surface area contributed by atoms with Gasteiger partial charge in [0.25, 0.3) is 0 Å². The quantitative estimate of drug-likeness (QED) is 0.367. The summed E-state index contributed by atoms with van der Waals surface area (Å²) in [4.78, 5) is 10.0. The third kappa shape index (κ3) is 9.27. The van der Waals surface area contributed by atoms with Crippen LogP contribution in [0.5, 0.6) is 0 Å². The Balaban J connectivity index is 3.92. The molecular formula is C15H22O. The molecule has 0 atom stereocenters. The lowest BCUT2D eigenvalue weighted by Gasteiger charge is -1.99. The monoisotopic (exact) mass is 218 g/mol. The Hall–Kier alpha value is -1.29. The lowest BCUT2D eigenvalue weighted by molar-refractivity contribution is 0.569. The summed E-state index contributed by atoms with van der Waals surface area (Å²) in [6.07, 6.45) is 8.63. The van der Waals surface area contributed by atoms with Crippen LogP contribution in [0, 0.1) is 0 Å². The van der Waals surface area contributed by atoms with Crippen molar-refractivity contribution in [1.82, 2.24) is 0 Å². The van der Waals surface area contributed by atoms with Gasteiger partial charge in [0, 0.05) is 0 Å². The van der Waals surface area contributed by atoms with Gasteiger partial charge in [0.05, 0.1) is 0 Å². The van der Waals surface area contributed by atoms with Crippen molar-refractivity contribution in [3.8, 4) is 0 Å². The van der Waals surface area contributed by atoms with Crippen molar-refractivity contribution in [3.63, 3.8) is 0 Å². The fraction of sp³-hybridized carbons (Fsp3) is 0.533. The van der Waals surface area contributed by atoms with E-state index in [4.69, 9.17) is 0 Å². The van der Waals surface area contributed by atoms with Crippen LogP contribution in [0.15, 0.2) is 34.6 Å². The van der Waals surface area contributed by atoms with E-state index in [0.717, 1.165) is 31.3 Å². The first-order valence-corrected chi connectivity index (χ1v) is 5.81. The van der Waals surface area contributed by atoms with Crippen molar-refractivity contribution >= 4 is 5.94 Å². The van der Waals surface area contributed by atoms with Gasteiger partial charge in [-0.3, -0.25) is 0 Å². The van der Waals surface area contributed by atoms with Crippen LogP contribution in [0.3, 0.4) is 0 Å². The molecule has 88 valence electrons. The van der Waals surface area contributed by atoms with Crippen LogP contribution >= 0.6 is 0 Å². The minimum Gasteiger partial charge on any atom is -0.224 e. The van der Waals surface area contributed by atoms with Crippen LogP contribution in [0.25, 0.3) is 0 Å². The van der Waals surface area contributed by atoms with Crippen molar-refractivity contribution < 1.29 is 4.79 Å². The van der Waals surface area contributed by atoms with Gasteiger partial charge < -0.3 is 0 Å². The summed E-state index contributed by atoms with van der Waals surface area (Å²) in [5, 5.41) is 0. The van der Waals surface area contributed by atoms with E-state index in [2.05, 4.69) is 38.7 Å². The summed E-state index contributed by atoms with van der Waals surface area (Å²) in [5.41, 5.74) is 6.32. The van der Waals surface area contributed by atoms with Crippen LogP contribution in [0.4, 0.5) is 0 Å². The molecule has 1 nitrogen and oxygen atoms in total. The Kier molecular flexibility index (Phi) is 8.25. The lowest BCUT2D eigenvalue weighted by atomic mass is 10.1. The lowest BCUT2D eigenvalue weighted by Crippen LogP contribution is -1.79. The highest BCUT2D eigenvalue weighted by Crippen LogP contribution is 2.10. The molecule has 0 spiro atoms. The SMILES string of the molecule is CC(=C=C=O)CC/C=C(/C)CCC=C(C)C. The zero-order valence-electron chi connectivity index (χ0n) is 10.9. The minimum absolute atomic E-state index is 0.898. The molecule has 0 aliphatic rings. The van der Waals surface area contributed by atoms with Gasteiger partial charge in [-0.1, -0.05) is 23.3 Å². The Morgan fingerprint density at radius 3 is 2.19 bits per heavy atom. The maximum Gasteiger partial charge on any atom is 0.177 e. The molecule has 1 heteroatoms. The highest BCUT2D eigenvalue weighted by Gasteiger charge is 1.90. The largest absolute Gasteiger partial charge is 0.224 e. The standard InChI is InChI=1S/C15H22O/c1-13(2)7-5-8-14(3)9-6-10-15(4)11-12-16/h7,9H,5-6,8,10H2,1-4H3/b14-9-. The van der Waals surface area contributed by atoms with Gasteiger partial charge in [-0.05, 0) is 64.7 Å². The minimum atomic E-state index is 0.898. The van der Waals surface area contributed by atoms with Gasteiger partial charge in [-0.2, -0.15) is 0 Å². The molecule has 0 fully saturated rings. The first-order valence-electron chi connectivity index (χ1n) is 5.81. The first-order chi connectivity index (χ1) is 7.56. The smallest absolute Gasteiger partial charge is 0.177 e. The second kappa shape index (κ2) is 8.97. The van der Waals surface area contributed by atoms with Crippen LogP contribution in [0.1, 0.15) is 53.4 Å². The summed E-state index contributed by atoms with van der Waals surface area (Å²) in [7, 11) is 0. The molecule has 0 saturated heterocycles. The van der Waals surface area contributed by atoms with Gasteiger partial charge in [0.2, 0.25) is 0 Å². The predicted molar refractivity (Wildman–Crippen MR) is 70.0 cm³/mol. The molecule has 0 aliphatic heterocycles. The predicted octanol–water partition coefficient (Wildman–Crippen LogP) is 4.39. The molecule has 0 rings (SSSR count). The van der Waals surface area contributed by atoms with Crippen molar-refractivity contribution in [2.24, 2.45) is 0 Å². The van der Waals surface area contributed by atoms with E-state index in [1.165, 1.54) is 11.1 Å². The van der Waals surface area contributed by atoms with Crippen molar-refractivity contribution in [2.45, 2.75) is 53.4 Å². The molecule has 0 saturated carbocycles. The van der Waals surface area contributed by atoms with Crippen molar-refractivity contribution in [3.05, 3.63) is 34.6 Å². The Morgan fingerprint density at radius 2 is 1.62 bits per heavy atom. The average molecular weight is 218 g/mol. The Morgan fingerprint density at radius 1 is 1.00 bits per heavy atom. The fourth-order valence-corrected chi connectivity index (χ4v) is 1.38. The van der Waals surface area contributed by atoms with Crippen LogP contribution in [-0.2, 0) is 4.79 Å². The highest BCUT2D eigenvalue weighted by molar-refractivity contribution is 5.44.